The van der Waals surface area contributed by atoms with Crippen molar-refractivity contribution in [3.8, 4) is 0 Å². The van der Waals surface area contributed by atoms with Gasteiger partial charge < -0.3 is 9.64 Å². The van der Waals surface area contributed by atoms with Crippen LogP contribution < -0.4 is 0 Å². The van der Waals surface area contributed by atoms with Crippen molar-refractivity contribution in [3.63, 3.8) is 0 Å². The molecule has 0 atom stereocenters. The summed E-state index contributed by atoms with van der Waals surface area (Å²) in [6.45, 7) is 2.71. The van der Waals surface area contributed by atoms with E-state index >= 15 is 0 Å². The summed E-state index contributed by atoms with van der Waals surface area (Å²) in [7, 11) is -3.08. The number of hydrogen-bond donors (Lipinski definition) is 0. The highest BCUT2D eigenvalue weighted by molar-refractivity contribution is 7.90. The second-order valence-electron chi connectivity index (χ2n) is 7.33. The summed E-state index contributed by atoms with van der Waals surface area (Å²) < 4.78 is 32.1. The number of sulfonamides is 1. The Labute approximate surface area is 131 Å². The van der Waals surface area contributed by atoms with Crippen molar-refractivity contribution >= 4 is 15.9 Å². The first-order valence-electron chi connectivity index (χ1n) is 8.39. The van der Waals surface area contributed by atoms with E-state index in [2.05, 4.69) is 0 Å². The van der Waals surface area contributed by atoms with Crippen molar-refractivity contribution in [1.82, 2.24) is 9.21 Å². The maximum absolute atomic E-state index is 12.3. The molecule has 0 N–H and O–H groups in total. The molecule has 2 heterocycles. The molecular formula is C15H24N2O4S. The van der Waals surface area contributed by atoms with Gasteiger partial charge in [0.1, 0.15) is 6.61 Å². The Bertz CT molecular complexity index is 560. The van der Waals surface area contributed by atoms with Gasteiger partial charge in [0, 0.05) is 26.2 Å². The fraction of sp³-hybridized carbons (Fsp3) is 0.933. The number of morpholine rings is 1. The van der Waals surface area contributed by atoms with Crippen LogP contribution >= 0.6 is 0 Å². The highest BCUT2D eigenvalue weighted by Gasteiger charge is 2.47. The predicted octanol–water partition coefficient (Wildman–Crippen LogP) is 0.582. The summed E-state index contributed by atoms with van der Waals surface area (Å²) in [6.07, 6.45) is 5.48. The van der Waals surface area contributed by atoms with Crippen molar-refractivity contribution < 1.29 is 17.9 Å². The van der Waals surface area contributed by atoms with Crippen LogP contribution in [0.2, 0.25) is 0 Å². The third-order valence-corrected chi connectivity index (χ3v) is 7.85. The quantitative estimate of drug-likeness (QED) is 0.757. The standard InChI is InChI=1S/C15H24N2O4S/c18-14-10-21-15(11-16(14)9-12-1-2-12)5-7-17(8-6-15)22(19,20)13-3-4-13/h12-13H,1-11H2. The van der Waals surface area contributed by atoms with E-state index < -0.39 is 10.0 Å². The fourth-order valence-corrected chi connectivity index (χ4v) is 5.44. The zero-order valence-corrected chi connectivity index (χ0v) is 13.7. The van der Waals surface area contributed by atoms with Crippen LogP contribution in [-0.2, 0) is 19.6 Å². The van der Waals surface area contributed by atoms with Crippen LogP contribution in [0.4, 0.5) is 0 Å². The summed E-state index contributed by atoms with van der Waals surface area (Å²) in [5.74, 6) is 0.764. The summed E-state index contributed by atoms with van der Waals surface area (Å²) in [6, 6.07) is 0. The molecule has 2 aliphatic carbocycles. The lowest BCUT2D eigenvalue weighted by molar-refractivity contribution is -0.170. The van der Waals surface area contributed by atoms with Crippen molar-refractivity contribution in [1.29, 1.82) is 0 Å². The van der Waals surface area contributed by atoms with Gasteiger partial charge in [0.2, 0.25) is 15.9 Å². The lowest BCUT2D eigenvalue weighted by atomic mass is 9.90. The molecule has 4 aliphatic rings. The van der Waals surface area contributed by atoms with Gasteiger partial charge in [0.05, 0.1) is 10.9 Å². The third kappa shape index (κ3) is 2.78. The molecule has 124 valence electrons. The van der Waals surface area contributed by atoms with E-state index in [1.165, 1.54) is 12.8 Å². The molecule has 0 aromatic carbocycles. The molecule has 1 amide bonds. The minimum absolute atomic E-state index is 0.0885. The van der Waals surface area contributed by atoms with E-state index in [-0.39, 0.29) is 23.4 Å². The SMILES string of the molecule is O=C1COC2(CCN(S(=O)(=O)C3CC3)CC2)CN1CC1CC1. The first kappa shape index (κ1) is 14.9. The van der Waals surface area contributed by atoms with E-state index in [1.54, 1.807) is 4.31 Å². The van der Waals surface area contributed by atoms with Gasteiger partial charge in [-0.05, 0) is 44.4 Å². The summed E-state index contributed by atoms with van der Waals surface area (Å²) >= 11 is 0. The number of amides is 1. The first-order valence-corrected chi connectivity index (χ1v) is 9.90. The number of rotatable bonds is 4. The Kier molecular flexibility index (Phi) is 3.51. The maximum atomic E-state index is 12.3. The lowest BCUT2D eigenvalue weighted by Gasteiger charge is -2.46. The number of carbonyl (C=O) groups is 1. The number of nitrogens with zero attached hydrogens (tertiary/aromatic N) is 2. The highest BCUT2D eigenvalue weighted by atomic mass is 32.2. The van der Waals surface area contributed by atoms with E-state index in [9.17, 15) is 13.2 Å². The summed E-state index contributed by atoms with van der Waals surface area (Å²) in [4.78, 5) is 13.9. The van der Waals surface area contributed by atoms with Crippen molar-refractivity contribution in [2.75, 3.05) is 32.8 Å². The Balaban J connectivity index is 1.39. The van der Waals surface area contributed by atoms with Gasteiger partial charge in [0.15, 0.2) is 0 Å². The van der Waals surface area contributed by atoms with Crippen molar-refractivity contribution in [3.05, 3.63) is 0 Å². The zero-order valence-electron chi connectivity index (χ0n) is 12.9. The lowest BCUT2D eigenvalue weighted by Crippen LogP contribution is -2.59. The third-order valence-electron chi connectivity index (χ3n) is 5.45. The van der Waals surface area contributed by atoms with Crippen LogP contribution in [0.3, 0.4) is 0 Å². The predicted molar refractivity (Wildman–Crippen MR) is 80.7 cm³/mol. The smallest absolute Gasteiger partial charge is 0.248 e. The number of carbonyl (C=O) groups excluding carboxylic acids is 1. The van der Waals surface area contributed by atoms with Gasteiger partial charge in [-0.15, -0.1) is 0 Å². The number of hydrogen-bond acceptors (Lipinski definition) is 4. The molecule has 0 bridgehead atoms. The van der Waals surface area contributed by atoms with Crippen LogP contribution in [0, 0.1) is 5.92 Å². The summed E-state index contributed by atoms with van der Waals surface area (Å²) in [5, 5.41) is -0.137. The Hall–Kier alpha value is -0.660. The van der Waals surface area contributed by atoms with Crippen LogP contribution in [-0.4, -0.2) is 67.2 Å². The average molecular weight is 328 g/mol. The maximum Gasteiger partial charge on any atom is 0.248 e. The zero-order chi connectivity index (χ0) is 15.4. The average Bonchev–Trinajstić information content (AvgIpc) is 3.37. The van der Waals surface area contributed by atoms with E-state index in [4.69, 9.17) is 4.74 Å². The second-order valence-corrected chi connectivity index (χ2v) is 9.55. The van der Waals surface area contributed by atoms with Gasteiger partial charge in [0.25, 0.3) is 0 Å². The van der Waals surface area contributed by atoms with Crippen LogP contribution in [0.15, 0.2) is 0 Å². The Morgan fingerprint density at radius 1 is 1.14 bits per heavy atom. The Morgan fingerprint density at radius 3 is 2.41 bits per heavy atom. The van der Waals surface area contributed by atoms with Crippen molar-refractivity contribution in [2.45, 2.75) is 49.4 Å². The molecule has 2 saturated carbocycles. The molecule has 2 saturated heterocycles. The molecule has 4 fully saturated rings. The van der Waals surface area contributed by atoms with Gasteiger partial charge in [-0.3, -0.25) is 4.79 Å². The van der Waals surface area contributed by atoms with Crippen LogP contribution in [0.25, 0.3) is 0 Å². The van der Waals surface area contributed by atoms with Crippen molar-refractivity contribution in [2.24, 2.45) is 5.92 Å². The monoisotopic (exact) mass is 328 g/mol. The molecule has 0 unspecified atom stereocenters. The number of ether oxygens (including phenoxy) is 1. The normalized spacial score (nSPS) is 30.0. The minimum Gasteiger partial charge on any atom is -0.363 e. The molecule has 0 aromatic heterocycles. The topological polar surface area (TPSA) is 66.9 Å². The molecule has 1 spiro atoms. The highest BCUT2D eigenvalue weighted by Crippen LogP contribution is 2.37. The Morgan fingerprint density at radius 2 is 1.82 bits per heavy atom. The minimum atomic E-state index is -3.08. The van der Waals surface area contributed by atoms with Gasteiger partial charge in [-0.2, -0.15) is 0 Å². The molecular weight excluding hydrogens is 304 g/mol. The van der Waals surface area contributed by atoms with Gasteiger partial charge >= 0.3 is 0 Å². The van der Waals surface area contributed by atoms with E-state index in [0.29, 0.717) is 38.4 Å². The fourth-order valence-electron chi connectivity index (χ4n) is 3.59. The first-order chi connectivity index (χ1) is 10.5. The van der Waals surface area contributed by atoms with Gasteiger partial charge in [-0.25, -0.2) is 12.7 Å². The largest absolute Gasteiger partial charge is 0.363 e. The van der Waals surface area contributed by atoms with Gasteiger partial charge in [-0.1, -0.05) is 0 Å². The van der Waals surface area contributed by atoms with Crippen LogP contribution in [0.1, 0.15) is 38.5 Å². The molecule has 0 aromatic rings. The second kappa shape index (κ2) is 5.18. The molecule has 0 radical (unpaired) electrons. The number of piperidine rings is 1. The molecule has 2 aliphatic heterocycles. The molecule has 6 nitrogen and oxygen atoms in total. The molecule has 22 heavy (non-hydrogen) atoms. The van der Waals surface area contributed by atoms with E-state index in [0.717, 1.165) is 19.4 Å². The molecule has 4 rings (SSSR count). The van der Waals surface area contributed by atoms with E-state index in [1.807, 2.05) is 4.90 Å². The van der Waals surface area contributed by atoms with Crippen LogP contribution in [0.5, 0.6) is 0 Å². The summed E-state index contributed by atoms with van der Waals surface area (Å²) in [5.41, 5.74) is -0.321. The molecule has 7 heteroatoms.